The summed E-state index contributed by atoms with van der Waals surface area (Å²) in [5, 5.41) is 8.80. The number of rotatable bonds is 3. The molecule has 0 bridgehead atoms. The van der Waals surface area contributed by atoms with E-state index in [-0.39, 0.29) is 5.75 Å². The Morgan fingerprint density at radius 2 is 1.81 bits per heavy atom. The Morgan fingerprint density at radius 1 is 1.19 bits per heavy atom. The van der Waals surface area contributed by atoms with Crippen molar-refractivity contribution in [3.05, 3.63) is 53.1 Å². The van der Waals surface area contributed by atoms with Gasteiger partial charge in [-0.1, -0.05) is 0 Å². The fourth-order valence-corrected chi connectivity index (χ4v) is 1.87. The maximum atomic E-state index is 13.2. The second-order valence-corrected chi connectivity index (χ2v) is 4.41. The van der Waals surface area contributed by atoms with Crippen molar-refractivity contribution in [2.75, 3.05) is 0 Å². The van der Waals surface area contributed by atoms with E-state index in [1.165, 1.54) is 10.6 Å². The van der Waals surface area contributed by atoms with Gasteiger partial charge in [-0.2, -0.15) is 5.48 Å². The highest BCUT2D eigenvalue weighted by atomic mass is 19.1. The van der Waals surface area contributed by atoms with Crippen LogP contribution in [0.5, 0.6) is 5.75 Å². The summed E-state index contributed by atoms with van der Waals surface area (Å²) in [7, 11) is 0. The van der Waals surface area contributed by atoms with E-state index in [9.17, 15) is 14.0 Å². The van der Waals surface area contributed by atoms with Gasteiger partial charge in [-0.25, -0.2) is 14.0 Å². The highest BCUT2D eigenvalue weighted by Gasteiger charge is 2.13. The second kappa shape index (κ2) is 5.66. The average Bonchev–Trinajstić information content (AvgIpc) is 2.76. The Bertz CT molecular complexity index is 689. The van der Waals surface area contributed by atoms with E-state index in [0.29, 0.717) is 0 Å². The second-order valence-electron chi connectivity index (χ2n) is 4.41. The number of aryl methyl sites for hydroxylation is 2. The van der Waals surface area contributed by atoms with Gasteiger partial charge in [0.15, 0.2) is 5.75 Å². The number of hydroxylamine groups is 1. The van der Waals surface area contributed by atoms with Gasteiger partial charge in [0.2, 0.25) is 0 Å². The summed E-state index contributed by atoms with van der Waals surface area (Å²) in [4.78, 5) is 27.7. The number of halogens is 1. The molecule has 0 saturated carbocycles. The van der Waals surface area contributed by atoms with Gasteiger partial charge in [0.25, 0.3) is 0 Å². The number of carbonyl (C=O) groups is 2. The number of amides is 1. The number of hydrogen-bond donors (Lipinski definition) is 2. The first-order valence-electron chi connectivity index (χ1n) is 6.05. The van der Waals surface area contributed by atoms with E-state index in [0.717, 1.165) is 23.5 Å². The molecule has 6 nitrogen and oxygen atoms in total. The average molecular weight is 292 g/mol. The molecular weight excluding hydrogens is 279 g/mol. The molecule has 21 heavy (non-hydrogen) atoms. The van der Waals surface area contributed by atoms with Crippen LogP contribution in [0.15, 0.2) is 30.3 Å². The maximum absolute atomic E-state index is 13.2. The van der Waals surface area contributed by atoms with Gasteiger partial charge in [0.05, 0.1) is 5.56 Å². The first-order valence-corrected chi connectivity index (χ1v) is 6.05. The number of aromatic carboxylic acids is 1. The lowest BCUT2D eigenvalue weighted by atomic mass is 10.2. The van der Waals surface area contributed by atoms with Crippen molar-refractivity contribution in [3.63, 3.8) is 0 Å². The highest BCUT2D eigenvalue weighted by Crippen LogP contribution is 2.16. The van der Waals surface area contributed by atoms with E-state index in [4.69, 9.17) is 9.94 Å². The Labute approximate surface area is 119 Å². The third-order valence-corrected chi connectivity index (χ3v) is 2.90. The highest BCUT2D eigenvalue weighted by molar-refractivity contribution is 5.88. The monoisotopic (exact) mass is 292 g/mol. The van der Waals surface area contributed by atoms with Crippen LogP contribution in [0.25, 0.3) is 0 Å². The third-order valence-electron chi connectivity index (χ3n) is 2.90. The molecule has 110 valence electrons. The number of hydrogen-bond acceptors (Lipinski definition) is 3. The lowest BCUT2D eigenvalue weighted by Crippen LogP contribution is -2.32. The fraction of sp³-hybridized carbons (Fsp3) is 0.143. The summed E-state index contributed by atoms with van der Waals surface area (Å²) < 4.78 is 14.6. The van der Waals surface area contributed by atoms with E-state index < -0.39 is 23.4 Å². The number of carboxylic acids is 1. The number of nitrogens with one attached hydrogen (secondary N) is 1. The van der Waals surface area contributed by atoms with Crippen molar-refractivity contribution >= 4 is 12.0 Å². The van der Waals surface area contributed by atoms with Gasteiger partial charge < -0.3 is 9.94 Å². The fourth-order valence-electron chi connectivity index (χ4n) is 1.87. The van der Waals surface area contributed by atoms with Gasteiger partial charge >= 0.3 is 12.0 Å². The first-order chi connectivity index (χ1) is 9.90. The minimum atomic E-state index is -1.42. The van der Waals surface area contributed by atoms with Gasteiger partial charge in [0, 0.05) is 17.5 Å². The van der Waals surface area contributed by atoms with Crippen LogP contribution in [0.3, 0.4) is 0 Å². The molecule has 0 spiro atoms. The summed E-state index contributed by atoms with van der Waals surface area (Å²) in [6.45, 7) is 3.51. The number of benzene rings is 1. The number of carbonyl (C=O) groups excluding carboxylic acids is 1. The molecular formula is C14H13FN2O4. The molecule has 0 fully saturated rings. The molecule has 1 aromatic carbocycles. The molecule has 2 rings (SSSR count). The molecule has 0 aliphatic rings. The summed E-state index contributed by atoms with van der Waals surface area (Å²) in [5.41, 5.74) is 3.09. The van der Waals surface area contributed by atoms with E-state index in [1.54, 1.807) is 26.0 Å². The quantitative estimate of drug-likeness (QED) is 0.852. The molecule has 1 heterocycles. The molecule has 1 aromatic heterocycles. The van der Waals surface area contributed by atoms with Crippen LogP contribution in [-0.4, -0.2) is 21.7 Å². The molecule has 1 amide bonds. The van der Waals surface area contributed by atoms with E-state index >= 15 is 0 Å². The zero-order valence-electron chi connectivity index (χ0n) is 11.4. The smallest absolute Gasteiger partial charge is 0.359 e. The molecule has 0 unspecified atom stereocenters. The molecule has 0 aliphatic heterocycles. The zero-order valence-corrected chi connectivity index (χ0v) is 11.4. The Kier molecular flexibility index (Phi) is 3.93. The molecule has 7 heteroatoms. The Morgan fingerprint density at radius 3 is 2.38 bits per heavy atom. The SMILES string of the molecule is Cc1ccc(C)n1C(=O)NOc1ccc(F)c(C(=O)O)c1. The van der Waals surface area contributed by atoms with E-state index in [1.807, 2.05) is 0 Å². The molecule has 0 saturated heterocycles. The van der Waals surface area contributed by atoms with Crippen LogP contribution in [0.4, 0.5) is 9.18 Å². The van der Waals surface area contributed by atoms with Crippen LogP contribution in [0.2, 0.25) is 0 Å². The number of nitrogens with zero attached hydrogens (tertiary/aromatic N) is 1. The lowest BCUT2D eigenvalue weighted by molar-refractivity contribution is 0.0691. The summed E-state index contributed by atoms with van der Waals surface area (Å²) >= 11 is 0. The summed E-state index contributed by atoms with van der Waals surface area (Å²) in [5.74, 6) is -2.27. The predicted molar refractivity (Wildman–Crippen MR) is 71.8 cm³/mol. The van der Waals surface area contributed by atoms with Crippen molar-refractivity contribution in [2.45, 2.75) is 13.8 Å². The van der Waals surface area contributed by atoms with Crippen LogP contribution in [-0.2, 0) is 0 Å². The van der Waals surface area contributed by atoms with Gasteiger partial charge in [-0.05, 0) is 38.1 Å². The van der Waals surface area contributed by atoms with Gasteiger partial charge in [-0.15, -0.1) is 0 Å². The Hall–Kier alpha value is -2.83. The molecule has 0 atom stereocenters. The number of carboxylic acid groups (broad SMARTS) is 1. The van der Waals surface area contributed by atoms with Crippen LogP contribution in [0.1, 0.15) is 21.7 Å². The van der Waals surface area contributed by atoms with Crippen molar-refractivity contribution in [2.24, 2.45) is 0 Å². The topological polar surface area (TPSA) is 80.6 Å². The summed E-state index contributed by atoms with van der Waals surface area (Å²) in [6, 6.07) is 6.18. The third kappa shape index (κ3) is 3.02. The van der Waals surface area contributed by atoms with Crippen molar-refractivity contribution < 1.29 is 23.9 Å². The van der Waals surface area contributed by atoms with E-state index in [2.05, 4.69) is 5.48 Å². The number of aromatic nitrogens is 1. The lowest BCUT2D eigenvalue weighted by Gasteiger charge is -2.11. The molecule has 2 N–H and O–H groups in total. The van der Waals surface area contributed by atoms with Crippen molar-refractivity contribution in [1.29, 1.82) is 0 Å². The van der Waals surface area contributed by atoms with Gasteiger partial charge in [0.1, 0.15) is 5.82 Å². The van der Waals surface area contributed by atoms with Crippen LogP contribution < -0.4 is 10.3 Å². The largest absolute Gasteiger partial charge is 0.478 e. The summed E-state index contributed by atoms with van der Waals surface area (Å²) in [6.07, 6.45) is 0. The molecule has 0 radical (unpaired) electrons. The van der Waals surface area contributed by atoms with Crippen LogP contribution >= 0.6 is 0 Å². The maximum Gasteiger partial charge on any atom is 0.359 e. The molecule has 2 aromatic rings. The normalized spacial score (nSPS) is 10.2. The van der Waals surface area contributed by atoms with Crippen LogP contribution in [0, 0.1) is 19.7 Å². The van der Waals surface area contributed by atoms with Crippen molar-refractivity contribution in [3.8, 4) is 5.75 Å². The van der Waals surface area contributed by atoms with Crippen molar-refractivity contribution in [1.82, 2.24) is 10.0 Å². The van der Waals surface area contributed by atoms with Gasteiger partial charge in [-0.3, -0.25) is 4.57 Å². The predicted octanol–water partition coefficient (Wildman–Crippen LogP) is 2.49. The zero-order chi connectivity index (χ0) is 15.6. The molecule has 0 aliphatic carbocycles. The first kappa shape index (κ1) is 14.6. The standard InChI is InChI=1S/C14H13FN2O4/c1-8-3-4-9(2)17(8)14(20)16-21-10-5-6-12(15)11(7-10)13(18)19/h3-7H,1-2H3,(H,16,20)(H,18,19). The minimum Gasteiger partial charge on any atom is -0.478 e. The minimum absolute atomic E-state index is 0.0182. The Balaban J connectivity index is 2.12.